The Hall–Kier alpha value is -1.59. The molecule has 2 aromatic rings. The molecule has 0 aliphatic rings. The Bertz CT molecular complexity index is 700. The third-order valence-electron chi connectivity index (χ3n) is 2.90. The summed E-state index contributed by atoms with van der Waals surface area (Å²) in [5, 5.41) is 3.34. The van der Waals surface area contributed by atoms with Crippen LogP contribution in [0.4, 0.5) is 0 Å². The molecule has 21 heavy (non-hydrogen) atoms. The second-order valence-electron chi connectivity index (χ2n) is 4.50. The number of halogens is 2. The molecule has 0 aliphatic carbocycles. The molecule has 0 aliphatic heterocycles. The number of carbonyl (C=O) groups is 1. The molecule has 1 amide bonds. The van der Waals surface area contributed by atoms with E-state index < -0.39 is 0 Å². The standard InChI is InChI=1S/C15H14BrClN2O2/c16-12-4-1-3-11(9-12)15(21)18-7-2-8-19-10-13(17)5-6-14(19)20/h1,3-6,9-10H,2,7-8H2,(H,18,21). The number of carbonyl (C=O) groups excluding carboxylic acids is 1. The molecule has 0 radical (unpaired) electrons. The van der Waals surface area contributed by atoms with E-state index in [1.165, 1.54) is 10.6 Å². The quantitative estimate of drug-likeness (QED) is 0.824. The van der Waals surface area contributed by atoms with Gasteiger partial charge in [0.1, 0.15) is 0 Å². The largest absolute Gasteiger partial charge is 0.352 e. The van der Waals surface area contributed by atoms with Crippen LogP contribution >= 0.6 is 27.5 Å². The number of hydrogen-bond acceptors (Lipinski definition) is 2. The molecule has 0 atom stereocenters. The summed E-state index contributed by atoms with van der Waals surface area (Å²) < 4.78 is 2.40. The Morgan fingerprint density at radius 1 is 1.29 bits per heavy atom. The SMILES string of the molecule is O=C(NCCCn1cc(Cl)ccc1=O)c1cccc(Br)c1. The van der Waals surface area contributed by atoms with Gasteiger partial charge in [-0.3, -0.25) is 9.59 Å². The summed E-state index contributed by atoms with van der Waals surface area (Å²) in [6.45, 7) is 1.00. The van der Waals surface area contributed by atoms with Crippen molar-refractivity contribution in [2.24, 2.45) is 0 Å². The zero-order chi connectivity index (χ0) is 15.2. The fourth-order valence-electron chi connectivity index (χ4n) is 1.86. The number of benzene rings is 1. The van der Waals surface area contributed by atoms with Crippen LogP contribution in [-0.4, -0.2) is 17.0 Å². The first-order valence-corrected chi connectivity index (χ1v) is 7.63. The number of hydrogen-bond donors (Lipinski definition) is 1. The average molecular weight is 370 g/mol. The molecule has 1 N–H and O–H groups in total. The zero-order valence-corrected chi connectivity index (χ0v) is 13.5. The van der Waals surface area contributed by atoms with Crippen molar-refractivity contribution in [3.8, 4) is 0 Å². The van der Waals surface area contributed by atoms with Gasteiger partial charge in [0.25, 0.3) is 11.5 Å². The Balaban J connectivity index is 1.83. The van der Waals surface area contributed by atoms with Crippen molar-refractivity contribution in [2.45, 2.75) is 13.0 Å². The topological polar surface area (TPSA) is 51.1 Å². The lowest BCUT2D eigenvalue weighted by Gasteiger charge is -2.07. The fourth-order valence-corrected chi connectivity index (χ4v) is 2.44. The maximum absolute atomic E-state index is 11.9. The maximum atomic E-state index is 11.9. The molecule has 1 aromatic heterocycles. The Morgan fingerprint density at radius 3 is 2.86 bits per heavy atom. The molecule has 1 heterocycles. The highest BCUT2D eigenvalue weighted by Crippen LogP contribution is 2.11. The summed E-state index contributed by atoms with van der Waals surface area (Å²) in [4.78, 5) is 23.5. The zero-order valence-electron chi connectivity index (χ0n) is 11.2. The van der Waals surface area contributed by atoms with E-state index in [2.05, 4.69) is 21.2 Å². The minimum Gasteiger partial charge on any atom is -0.352 e. The Morgan fingerprint density at radius 2 is 2.10 bits per heavy atom. The lowest BCUT2D eigenvalue weighted by Crippen LogP contribution is -2.26. The number of rotatable bonds is 5. The van der Waals surface area contributed by atoms with Gasteiger partial charge in [-0.2, -0.15) is 0 Å². The minimum atomic E-state index is -0.130. The monoisotopic (exact) mass is 368 g/mol. The molecule has 0 bridgehead atoms. The van der Waals surface area contributed by atoms with Crippen LogP contribution in [0, 0.1) is 0 Å². The Kier molecular flexibility index (Phi) is 5.59. The Labute approximate surface area is 135 Å². The van der Waals surface area contributed by atoms with Crippen LogP contribution in [-0.2, 0) is 6.54 Å². The number of aromatic nitrogens is 1. The van der Waals surface area contributed by atoms with Gasteiger partial charge in [-0.1, -0.05) is 33.6 Å². The summed E-state index contributed by atoms with van der Waals surface area (Å²) in [5.41, 5.74) is 0.502. The molecule has 0 unspecified atom stereocenters. The highest BCUT2D eigenvalue weighted by molar-refractivity contribution is 9.10. The molecule has 4 nitrogen and oxygen atoms in total. The van der Waals surface area contributed by atoms with Gasteiger partial charge in [0, 0.05) is 35.4 Å². The van der Waals surface area contributed by atoms with E-state index in [4.69, 9.17) is 11.6 Å². The van der Waals surface area contributed by atoms with Crippen LogP contribution in [0.2, 0.25) is 5.02 Å². The van der Waals surface area contributed by atoms with Crippen molar-refractivity contribution >= 4 is 33.4 Å². The van der Waals surface area contributed by atoms with Crippen LogP contribution < -0.4 is 10.9 Å². The van der Waals surface area contributed by atoms with E-state index in [1.54, 1.807) is 24.4 Å². The van der Waals surface area contributed by atoms with Crippen molar-refractivity contribution < 1.29 is 4.79 Å². The van der Waals surface area contributed by atoms with Gasteiger partial charge in [-0.15, -0.1) is 0 Å². The van der Waals surface area contributed by atoms with Gasteiger partial charge < -0.3 is 9.88 Å². The van der Waals surface area contributed by atoms with Crippen molar-refractivity contribution in [3.63, 3.8) is 0 Å². The second kappa shape index (κ2) is 7.43. The molecule has 0 saturated heterocycles. The normalized spacial score (nSPS) is 10.4. The van der Waals surface area contributed by atoms with Gasteiger partial charge in [0.15, 0.2) is 0 Å². The molecular weight excluding hydrogens is 356 g/mol. The molecule has 110 valence electrons. The van der Waals surface area contributed by atoms with E-state index in [0.29, 0.717) is 30.1 Å². The number of nitrogens with one attached hydrogen (secondary N) is 1. The van der Waals surface area contributed by atoms with E-state index in [0.717, 1.165) is 4.47 Å². The fraction of sp³-hybridized carbons (Fsp3) is 0.200. The molecule has 1 aromatic carbocycles. The molecular formula is C15H14BrClN2O2. The van der Waals surface area contributed by atoms with Crippen molar-refractivity contribution in [2.75, 3.05) is 6.54 Å². The van der Waals surface area contributed by atoms with Crippen molar-refractivity contribution in [3.05, 3.63) is 68.0 Å². The first-order chi connectivity index (χ1) is 10.1. The van der Waals surface area contributed by atoms with Crippen molar-refractivity contribution in [1.82, 2.24) is 9.88 Å². The van der Waals surface area contributed by atoms with Gasteiger partial charge in [0.05, 0.1) is 5.02 Å². The predicted octanol–water partition coefficient (Wildman–Crippen LogP) is 3.08. The summed E-state index contributed by atoms with van der Waals surface area (Å²) in [5.74, 6) is -0.130. The van der Waals surface area contributed by atoms with Gasteiger partial charge in [-0.05, 0) is 30.7 Å². The molecule has 6 heteroatoms. The lowest BCUT2D eigenvalue weighted by atomic mass is 10.2. The predicted molar refractivity (Wildman–Crippen MR) is 86.8 cm³/mol. The summed E-state index contributed by atoms with van der Waals surface area (Å²) in [6.07, 6.45) is 2.25. The van der Waals surface area contributed by atoms with Crippen LogP contribution in [0.25, 0.3) is 0 Å². The maximum Gasteiger partial charge on any atom is 0.251 e. The van der Waals surface area contributed by atoms with Crippen LogP contribution in [0.5, 0.6) is 0 Å². The van der Waals surface area contributed by atoms with Crippen molar-refractivity contribution in [1.29, 1.82) is 0 Å². The average Bonchev–Trinajstić information content (AvgIpc) is 2.46. The number of amides is 1. The minimum absolute atomic E-state index is 0.0993. The first kappa shape index (κ1) is 15.8. The lowest BCUT2D eigenvalue weighted by molar-refractivity contribution is 0.0952. The number of nitrogens with zero attached hydrogens (tertiary/aromatic N) is 1. The summed E-state index contributed by atoms with van der Waals surface area (Å²) in [6, 6.07) is 10.2. The van der Waals surface area contributed by atoms with Crippen LogP contribution in [0.1, 0.15) is 16.8 Å². The first-order valence-electron chi connectivity index (χ1n) is 6.46. The highest BCUT2D eigenvalue weighted by atomic mass is 79.9. The smallest absolute Gasteiger partial charge is 0.251 e. The molecule has 0 saturated carbocycles. The second-order valence-corrected chi connectivity index (χ2v) is 5.85. The number of aryl methyl sites for hydroxylation is 1. The van der Waals surface area contributed by atoms with E-state index in [-0.39, 0.29) is 11.5 Å². The van der Waals surface area contributed by atoms with Gasteiger partial charge >= 0.3 is 0 Å². The van der Waals surface area contributed by atoms with Gasteiger partial charge in [-0.25, -0.2) is 0 Å². The van der Waals surface area contributed by atoms with Crippen LogP contribution in [0.3, 0.4) is 0 Å². The summed E-state index contributed by atoms with van der Waals surface area (Å²) in [7, 11) is 0. The van der Waals surface area contributed by atoms with Crippen LogP contribution in [0.15, 0.2) is 51.9 Å². The van der Waals surface area contributed by atoms with E-state index in [9.17, 15) is 9.59 Å². The number of pyridine rings is 1. The summed E-state index contributed by atoms with van der Waals surface area (Å²) >= 11 is 9.17. The van der Waals surface area contributed by atoms with E-state index in [1.807, 2.05) is 12.1 Å². The molecule has 0 fully saturated rings. The third-order valence-corrected chi connectivity index (χ3v) is 3.61. The molecule has 2 rings (SSSR count). The third kappa shape index (κ3) is 4.72. The highest BCUT2D eigenvalue weighted by Gasteiger charge is 2.05. The van der Waals surface area contributed by atoms with Gasteiger partial charge in [0.2, 0.25) is 0 Å². The van der Waals surface area contributed by atoms with E-state index >= 15 is 0 Å². The molecule has 0 spiro atoms.